The molecule has 4 rings (SSSR count). The van der Waals surface area contributed by atoms with Gasteiger partial charge in [0.05, 0.1) is 16.6 Å². The molecule has 0 radical (unpaired) electrons. The number of rotatable bonds is 6. The lowest BCUT2D eigenvalue weighted by Crippen LogP contribution is -1.97. The van der Waals surface area contributed by atoms with E-state index in [0.717, 1.165) is 22.3 Å². The van der Waals surface area contributed by atoms with Gasteiger partial charge in [-0.25, -0.2) is 0 Å². The summed E-state index contributed by atoms with van der Waals surface area (Å²) >= 11 is 0. The van der Waals surface area contributed by atoms with Gasteiger partial charge in [0.2, 0.25) is 0 Å². The average molecular weight is 381 g/mol. The Balaban J connectivity index is 1.59. The quantitative estimate of drug-likeness (QED) is 0.283. The summed E-state index contributed by atoms with van der Waals surface area (Å²) in [6, 6.07) is 32.5. The van der Waals surface area contributed by atoms with Crippen LogP contribution in [-0.4, -0.2) is 4.92 Å². The highest BCUT2D eigenvalue weighted by molar-refractivity contribution is 5.77. The van der Waals surface area contributed by atoms with Crippen LogP contribution in [0.1, 0.15) is 5.56 Å². The lowest BCUT2D eigenvalue weighted by molar-refractivity contribution is -0.384. The van der Waals surface area contributed by atoms with Gasteiger partial charge in [-0.05, 0) is 34.4 Å². The highest BCUT2D eigenvalue weighted by atomic mass is 16.6. The molecule has 0 aliphatic carbocycles. The van der Waals surface area contributed by atoms with Gasteiger partial charge in [-0.1, -0.05) is 84.9 Å². The molecular weight excluding hydrogens is 362 g/mol. The van der Waals surface area contributed by atoms with E-state index in [1.807, 2.05) is 84.9 Å². The number of hydrogen-bond donors (Lipinski definition) is 0. The SMILES string of the molecule is O=[N+]([O-])c1cc(OCc2ccccc2)ccc1-c1ccc(-c2ccccc2)cc1. The van der Waals surface area contributed by atoms with Crippen molar-refractivity contribution in [1.82, 2.24) is 0 Å². The van der Waals surface area contributed by atoms with Gasteiger partial charge in [0.15, 0.2) is 0 Å². The van der Waals surface area contributed by atoms with E-state index in [2.05, 4.69) is 0 Å². The zero-order chi connectivity index (χ0) is 20.1. The topological polar surface area (TPSA) is 52.4 Å². The maximum Gasteiger partial charge on any atom is 0.280 e. The van der Waals surface area contributed by atoms with Gasteiger partial charge >= 0.3 is 0 Å². The molecule has 29 heavy (non-hydrogen) atoms. The summed E-state index contributed by atoms with van der Waals surface area (Å²) in [5, 5.41) is 11.7. The summed E-state index contributed by atoms with van der Waals surface area (Å²) in [5.41, 5.74) is 4.59. The van der Waals surface area contributed by atoms with E-state index in [4.69, 9.17) is 4.74 Å². The first-order valence-corrected chi connectivity index (χ1v) is 9.32. The molecule has 0 spiro atoms. The Hall–Kier alpha value is -3.92. The minimum Gasteiger partial charge on any atom is -0.489 e. The number of benzene rings is 4. The molecule has 0 N–H and O–H groups in total. The van der Waals surface area contributed by atoms with Crippen LogP contribution < -0.4 is 4.74 Å². The molecule has 0 unspecified atom stereocenters. The molecule has 0 aromatic heterocycles. The van der Waals surface area contributed by atoms with Crippen LogP contribution in [0, 0.1) is 10.1 Å². The van der Waals surface area contributed by atoms with Crippen LogP contribution >= 0.6 is 0 Å². The molecule has 0 aliphatic rings. The van der Waals surface area contributed by atoms with E-state index in [1.54, 1.807) is 12.1 Å². The third-order valence-corrected chi connectivity index (χ3v) is 4.72. The van der Waals surface area contributed by atoms with Crippen LogP contribution in [0.25, 0.3) is 22.3 Å². The van der Waals surface area contributed by atoms with Crippen molar-refractivity contribution in [1.29, 1.82) is 0 Å². The Morgan fingerprint density at radius 2 is 1.28 bits per heavy atom. The van der Waals surface area contributed by atoms with E-state index in [1.165, 1.54) is 6.07 Å². The summed E-state index contributed by atoms with van der Waals surface area (Å²) < 4.78 is 5.75. The maximum atomic E-state index is 11.7. The second-order valence-corrected chi connectivity index (χ2v) is 6.65. The van der Waals surface area contributed by atoms with Gasteiger partial charge in [0, 0.05) is 0 Å². The lowest BCUT2D eigenvalue weighted by atomic mass is 9.99. The summed E-state index contributed by atoms with van der Waals surface area (Å²) in [4.78, 5) is 11.3. The molecule has 4 heteroatoms. The molecule has 0 atom stereocenters. The van der Waals surface area contributed by atoms with Gasteiger partial charge in [0.25, 0.3) is 5.69 Å². The third kappa shape index (κ3) is 4.33. The van der Waals surface area contributed by atoms with Crippen molar-refractivity contribution in [2.45, 2.75) is 6.61 Å². The Kier molecular flexibility index (Phi) is 5.34. The largest absolute Gasteiger partial charge is 0.489 e. The molecule has 0 fully saturated rings. The zero-order valence-corrected chi connectivity index (χ0v) is 15.7. The smallest absolute Gasteiger partial charge is 0.280 e. The van der Waals surface area contributed by atoms with Crippen LogP contribution in [0.5, 0.6) is 5.75 Å². The standard InChI is InChI=1S/C25H19NO3/c27-26(28)25-17-23(29-18-19-7-3-1-4-8-19)15-16-24(25)22-13-11-21(12-14-22)20-9-5-2-6-10-20/h1-17H,18H2. The third-order valence-electron chi connectivity index (χ3n) is 4.72. The molecule has 0 saturated heterocycles. The fourth-order valence-electron chi connectivity index (χ4n) is 3.21. The van der Waals surface area contributed by atoms with Crippen molar-refractivity contribution in [3.63, 3.8) is 0 Å². The molecule has 0 saturated carbocycles. The first-order chi connectivity index (χ1) is 14.2. The number of ether oxygens (including phenoxy) is 1. The van der Waals surface area contributed by atoms with Crippen LogP contribution in [0.4, 0.5) is 5.69 Å². The molecule has 4 aromatic carbocycles. The molecule has 0 amide bonds. The van der Waals surface area contributed by atoms with Crippen molar-refractivity contribution in [3.8, 4) is 28.0 Å². The van der Waals surface area contributed by atoms with Crippen LogP contribution in [0.2, 0.25) is 0 Å². The van der Waals surface area contributed by atoms with Crippen molar-refractivity contribution in [2.24, 2.45) is 0 Å². The molecule has 4 nitrogen and oxygen atoms in total. The minimum atomic E-state index is -0.365. The first kappa shape index (κ1) is 18.4. The highest BCUT2D eigenvalue weighted by Gasteiger charge is 2.17. The first-order valence-electron chi connectivity index (χ1n) is 9.32. The van der Waals surface area contributed by atoms with Gasteiger partial charge in [-0.15, -0.1) is 0 Å². The summed E-state index contributed by atoms with van der Waals surface area (Å²) in [6.07, 6.45) is 0. The Labute approximate surface area is 169 Å². The van der Waals surface area contributed by atoms with Gasteiger partial charge in [-0.2, -0.15) is 0 Å². The van der Waals surface area contributed by atoms with E-state index in [-0.39, 0.29) is 10.6 Å². The normalized spacial score (nSPS) is 10.5. The molecular formula is C25H19NO3. The fourth-order valence-corrected chi connectivity index (χ4v) is 3.21. The number of hydrogen-bond acceptors (Lipinski definition) is 3. The Bertz CT molecular complexity index is 1110. The van der Waals surface area contributed by atoms with Crippen molar-refractivity contribution in [3.05, 3.63) is 119 Å². The second kappa shape index (κ2) is 8.40. The summed E-state index contributed by atoms with van der Waals surface area (Å²) in [5.74, 6) is 0.477. The van der Waals surface area contributed by atoms with E-state index in [9.17, 15) is 10.1 Å². The molecule has 0 heterocycles. The predicted molar refractivity (Wildman–Crippen MR) is 115 cm³/mol. The maximum absolute atomic E-state index is 11.7. The molecule has 0 aliphatic heterocycles. The molecule has 4 aromatic rings. The number of nitro groups is 1. The van der Waals surface area contributed by atoms with Crippen molar-refractivity contribution < 1.29 is 9.66 Å². The average Bonchev–Trinajstić information content (AvgIpc) is 2.79. The fraction of sp³-hybridized carbons (Fsp3) is 0.0400. The minimum absolute atomic E-state index is 0.0306. The zero-order valence-electron chi connectivity index (χ0n) is 15.7. The van der Waals surface area contributed by atoms with Crippen molar-refractivity contribution in [2.75, 3.05) is 0 Å². The molecule has 0 bridgehead atoms. The lowest BCUT2D eigenvalue weighted by Gasteiger charge is -2.09. The van der Waals surface area contributed by atoms with Gasteiger partial charge in [-0.3, -0.25) is 10.1 Å². The Morgan fingerprint density at radius 3 is 1.93 bits per heavy atom. The van der Waals surface area contributed by atoms with Crippen LogP contribution in [-0.2, 0) is 6.61 Å². The highest BCUT2D eigenvalue weighted by Crippen LogP contribution is 2.34. The predicted octanol–water partition coefficient (Wildman–Crippen LogP) is 6.51. The number of nitrogens with zero attached hydrogens (tertiary/aromatic N) is 1. The van der Waals surface area contributed by atoms with Gasteiger partial charge < -0.3 is 4.74 Å². The van der Waals surface area contributed by atoms with Crippen LogP contribution in [0.3, 0.4) is 0 Å². The van der Waals surface area contributed by atoms with Gasteiger partial charge in [0.1, 0.15) is 12.4 Å². The van der Waals surface area contributed by atoms with Crippen LogP contribution in [0.15, 0.2) is 103 Å². The van der Waals surface area contributed by atoms with Crippen molar-refractivity contribution >= 4 is 5.69 Å². The van der Waals surface area contributed by atoms with E-state index < -0.39 is 0 Å². The number of nitro benzene ring substituents is 1. The second-order valence-electron chi connectivity index (χ2n) is 6.65. The monoisotopic (exact) mass is 381 g/mol. The Morgan fingerprint density at radius 1 is 0.690 bits per heavy atom. The summed E-state index contributed by atoms with van der Waals surface area (Å²) in [6.45, 7) is 0.364. The summed E-state index contributed by atoms with van der Waals surface area (Å²) in [7, 11) is 0. The van der Waals surface area contributed by atoms with E-state index in [0.29, 0.717) is 17.9 Å². The van der Waals surface area contributed by atoms with E-state index >= 15 is 0 Å². The molecule has 142 valence electrons.